The van der Waals surface area contributed by atoms with Gasteiger partial charge in [0.05, 0.1) is 12.3 Å². The first kappa shape index (κ1) is 14.9. The average molecular weight is 254 g/mol. The van der Waals surface area contributed by atoms with Crippen molar-refractivity contribution in [3.63, 3.8) is 0 Å². The molecule has 0 aliphatic heterocycles. The topological polar surface area (TPSA) is 35.5 Å². The molecule has 2 N–H and O–H groups in total. The highest BCUT2D eigenvalue weighted by molar-refractivity contribution is 5.49. The molecule has 0 amide bonds. The summed E-state index contributed by atoms with van der Waals surface area (Å²) in [6.07, 6.45) is 0.925. The molecule has 0 radical (unpaired) electrons. The molecule has 0 aliphatic rings. The maximum Gasteiger partial charge on any atom is 0.146 e. The smallest absolute Gasteiger partial charge is 0.146 e. The SMILES string of the molecule is CCCN(CCO)c1ccc(C(C)NC)cc1F. The summed E-state index contributed by atoms with van der Waals surface area (Å²) in [7, 11) is 1.85. The van der Waals surface area contributed by atoms with Crippen molar-refractivity contribution < 1.29 is 9.50 Å². The molecular formula is C14H23FN2O. The Labute approximate surface area is 109 Å². The first-order chi connectivity index (χ1) is 8.63. The molecule has 1 unspecified atom stereocenters. The predicted molar refractivity (Wildman–Crippen MR) is 73.5 cm³/mol. The van der Waals surface area contributed by atoms with Gasteiger partial charge < -0.3 is 15.3 Å². The van der Waals surface area contributed by atoms with Crippen molar-refractivity contribution in [3.05, 3.63) is 29.6 Å². The quantitative estimate of drug-likeness (QED) is 0.784. The van der Waals surface area contributed by atoms with E-state index >= 15 is 0 Å². The summed E-state index contributed by atoms with van der Waals surface area (Å²) in [5.74, 6) is -0.225. The lowest BCUT2D eigenvalue weighted by molar-refractivity contribution is 0.301. The maximum atomic E-state index is 14.1. The van der Waals surface area contributed by atoms with E-state index in [1.165, 1.54) is 0 Å². The summed E-state index contributed by atoms with van der Waals surface area (Å²) >= 11 is 0. The molecule has 1 aromatic carbocycles. The number of rotatable bonds is 7. The summed E-state index contributed by atoms with van der Waals surface area (Å²) in [4.78, 5) is 1.88. The monoisotopic (exact) mass is 254 g/mol. The number of benzene rings is 1. The van der Waals surface area contributed by atoms with Crippen LogP contribution in [0.4, 0.5) is 10.1 Å². The van der Waals surface area contributed by atoms with Gasteiger partial charge in [-0.3, -0.25) is 0 Å². The number of hydrogen-bond acceptors (Lipinski definition) is 3. The largest absolute Gasteiger partial charge is 0.395 e. The Morgan fingerprint density at radius 3 is 2.61 bits per heavy atom. The maximum absolute atomic E-state index is 14.1. The Morgan fingerprint density at radius 2 is 2.11 bits per heavy atom. The summed E-state index contributed by atoms with van der Waals surface area (Å²) in [5.41, 5.74) is 1.50. The molecule has 1 atom stereocenters. The molecule has 0 spiro atoms. The normalized spacial score (nSPS) is 12.5. The highest BCUT2D eigenvalue weighted by atomic mass is 19.1. The fourth-order valence-corrected chi connectivity index (χ4v) is 1.96. The zero-order chi connectivity index (χ0) is 13.5. The average Bonchev–Trinajstić information content (AvgIpc) is 2.37. The van der Waals surface area contributed by atoms with Crippen molar-refractivity contribution in [2.24, 2.45) is 0 Å². The van der Waals surface area contributed by atoms with Crippen LogP contribution in [0.2, 0.25) is 0 Å². The zero-order valence-electron chi connectivity index (χ0n) is 11.4. The van der Waals surface area contributed by atoms with Gasteiger partial charge in [-0.2, -0.15) is 0 Å². The van der Waals surface area contributed by atoms with E-state index in [1.54, 1.807) is 12.1 Å². The van der Waals surface area contributed by atoms with Crippen LogP contribution in [0.15, 0.2) is 18.2 Å². The standard InChI is InChI=1S/C14H23FN2O/c1-4-7-17(8-9-18)14-6-5-12(10-13(14)15)11(2)16-3/h5-6,10-11,16,18H,4,7-9H2,1-3H3. The van der Waals surface area contributed by atoms with Gasteiger partial charge in [-0.1, -0.05) is 13.0 Å². The van der Waals surface area contributed by atoms with E-state index in [0.29, 0.717) is 12.2 Å². The molecule has 0 heterocycles. The van der Waals surface area contributed by atoms with Gasteiger partial charge in [0, 0.05) is 19.1 Å². The lowest BCUT2D eigenvalue weighted by atomic mass is 10.1. The minimum Gasteiger partial charge on any atom is -0.395 e. The van der Waals surface area contributed by atoms with Crippen LogP contribution < -0.4 is 10.2 Å². The van der Waals surface area contributed by atoms with Gasteiger partial charge in [-0.15, -0.1) is 0 Å². The molecule has 3 nitrogen and oxygen atoms in total. The molecule has 0 aromatic heterocycles. The Morgan fingerprint density at radius 1 is 1.39 bits per heavy atom. The Balaban J connectivity index is 2.95. The van der Waals surface area contributed by atoms with Crippen molar-refractivity contribution >= 4 is 5.69 Å². The number of nitrogens with zero attached hydrogens (tertiary/aromatic N) is 1. The van der Waals surface area contributed by atoms with Crippen LogP contribution in [0.3, 0.4) is 0 Å². The first-order valence-corrected chi connectivity index (χ1v) is 6.46. The van der Waals surface area contributed by atoms with Crippen molar-refractivity contribution in [2.45, 2.75) is 26.3 Å². The Kier molecular flexibility index (Phi) is 6.09. The number of aliphatic hydroxyl groups excluding tert-OH is 1. The lowest BCUT2D eigenvalue weighted by Crippen LogP contribution is -2.28. The second kappa shape index (κ2) is 7.34. The summed E-state index contributed by atoms with van der Waals surface area (Å²) in [6, 6.07) is 5.42. The highest BCUT2D eigenvalue weighted by Gasteiger charge is 2.12. The fraction of sp³-hybridized carbons (Fsp3) is 0.571. The lowest BCUT2D eigenvalue weighted by Gasteiger charge is -2.24. The minimum absolute atomic E-state index is 0.0358. The van der Waals surface area contributed by atoms with E-state index in [9.17, 15) is 4.39 Å². The van der Waals surface area contributed by atoms with Crippen LogP contribution in [0.1, 0.15) is 31.9 Å². The fourth-order valence-electron chi connectivity index (χ4n) is 1.96. The van der Waals surface area contributed by atoms with Crippen molar-refractivity contribution in [3.8, 4) is 0 Å². The molecule has 0 fully saturated rings. The second-order valence-electron chi connectivity index (χ2n) is 4.43. The summed E-state index contributed by atoms with van der Waals surface area (Å²) < 4.78 is 14.1. The van der Waals surface area contributed by atoms with Gasteiger partial charge >= 0.3 is 0 Å². The van der Waals surface area contributed by atoms with Crippen LogP contribution in [0.25, 0.3) is 0 Å². The third-order valence-electron chi connectivity index (χ3n) is 3.11. The van der Waals surface area contributed by atoms with Crippen molar-refractivity contribution in [1.29, 1.82) is 0 Å². The van der Waals surface area contributed by atoms with Crippen molar-refractivity contribution in [1.82, 2.24) is 5.32 Å². The second-order valence-corrected chi connectivity index (χ2v) is 4.43. The van der Waals surface area contributed by atoms with Crippen LogP contribution >= 0.6 is 0 Å². The first-order valence-electron chi connectivity index (χ1n) is 6.46. The van der Waals surface area contributed by atoms with Gasteiger partial charge in [0.2, 0.25) is 0 Å². The number of halogens is 1. The molecule has 1 rings (SSSR count). The van der Waals surface area contributed by atoms with E-state index < -0.39 is 0 Å². The van der Waals surface area contributed by atoms with Crippen LogP contribution in [-0.4, -0.2) is 31.9 Å². The van der Waals surface area contributed by atoms with E-state index in [2.05, 4.69) is 5.32 Å². The Hall–Kier alpha value is -1.13. The molecule has 0 saturated carbocycles. The molecule has 0 bridgehead atoms. The minimum atomic E-state index is -0.225. The van der Waals surface area contributed by atoms with Gasteiger partial charge in [-0.25, -0.2) is 4.39 Å². The van der Waals surface area contributed by atoms with Crippen LogP contribution in [0.5, 0.6) is 0 Å². The summed E-state index contributed by atoms with van der Waals surface area (Å²) in [5, 5.41) is 12.1. The third kappa shape index (κ3) is 3.68. The number of anilines is 1. The zero-order valence-corrected chi connectivity index (χ0v) is 11.4. The third-order valence-corrected chi connectivity index (χ3v) is 3.11. The van der Waals surface area contributed by atoms with Crippen LogP contribution in [-0.2, 0) is 0 Å². The van der Waals surface area contributed by atoms with E-state index in [4.69, 9.17) is 5.11 Å². The summed E-state index contributed by atoms with van der Waals surface area (Å²) in [6.45, 7) is 5.28. The van der Waals surface area contributed by atoms with E-state index in [0.717, 1.165) is 18.5 Å². The molecule has 18 heavy (non-hydrogen) atoms. The molecule has 102 valence electrons. The van der Waals surface area contributed by atoms with Crippen LogP contribution in [0, 0.1) is 5.82 Å². The predicted octanol–water partition coefficient (Wildman–Crippen LogP) is 2.31. The highest BCUT2D eigenvalue weighted by Crippen LogP contribution is 2.23. The Bertz CT molecular complexity index is 365. The number of hydrogen-bond donors (Lipinski definition) is 2. The molecule has 4 heteroatoms. The van der Waals surface area contributed by atoms with Gasteiger partial charge in [0.15, 0.2) is 0 Å². The number of nitrogens with one attached hydrogen (secondary N) is 1. The van der Waals surface area contributed by atoms with Gasteiger partial charge in [-0.05, 0) is 38.1 Å². The molecule has 0 saturated heterocycles. The molecular weight excluding hydrogens is 231 g/mol. The molecule has 1 aromatic rings. The van der Waals surface area contributed by atoms with E-state index in [-0.39, 0.29) is 18.5 Å². The van der Waals surface area contributed by atoms with Crippen molar-refractivity contribution in [2.75, 3.05) is 31.6 Å². The van der Waals surface area contributed by atoms with Gasteiger partial charge in [0.25, 0.3) is 0 Å². The molecule has 0 aliphatic carbocycles. The van der Waals surface area contributed by atoms with E-state index in [1.807, 2.05) is 31.9 Å². The number of aliphatic hydroxyl groups is 1. The van der Waals surface area contributed by atoms with Gasteiger partial charge in [0.1, 0.15) is 5.82 Å².